The van der Waals surface area contributed by atoms with E-state index in [1.165, 1.54) is 44.3 Å². The lowest BCUT2D eigenvalue weighted by Crippen LogP contribution is -2.46. The number of nitrogens with zero attached hydrogens (tertiary/aromatic N) is 1. The number of hydrogen-bond acceptors (Lipinski definition) is 3. The van der Waals surface area contributed by atoms with Crippen LogP contribution in [-0.4, -0.2) is 48.3 Å². The van der Waals surface area contributed by atoms with Crippen LogP contribution in [0, 0.1) is 0 Å². The number of aliphatic hydroxyl groups is 1. The number of rotatable bonds is 5. The van der Waals surface area contributed by atoms with E-state index in [1.54, 1.807) is 0 Å². The van der Waals surface area contributed by atoms with Crippen LogP contribution in [-0.2, 0) is 0 Å². The van der Waals surface area contributed by atoms with Crippen molar-refractivity contribution in [1.82, 2.24) is 10.2 Å². The van der Waals surface area contributed by atoms with Crippen molar-refractivity contribution in [2.75, 3.05) is 26.2 Å². The number of aliphatic hydroxyl groups excluding tert-OH is 1. The zero-order valence-corrected chi connectivity index (χ0v) is 12.2. The number of hydrogen-bond donors (Lipinski definition) is 2. The fourth-order valence-electron chi connectivity index (χ4n) is 3.73. The van der Waals surface area contributed by atoms with Crippen molar-refractivity contribution >= 4 is 0 Å². The van der Waals surface area contributed by atoms with Gasteiger partial charge in [0, 0.05) is 24.5 Å². The topological polar surface area (TPSA) is 35.5 Å². The fourth-order valence-corrected chi connectivity index (χ4v) is 3.73. The molecule has 0 aliphatic carbocycles. The lowest BCUT2D eigenvalue weighted by Gasteiger charge is -2.35. The van der Waals surface area contributed by atoms with Crippen LogP contribution in [0.5, 0.6) is 0 Å². The minimum Gasteiger partial charge on any atom is -0.396 e. The number of piperidine rings is 1. The van der Waals surface area contributed by atoms with Crippen molar-refractivity contribution in [2.24, 2.45) is 0 Å². The van der Waals surface area contributed by atoms with Gasteiger partial charge < -0.3 is 15.3 Å². The highest BCUT2D eigenvalue weighted by Crippen LogP contribution is 2.27. The van der Waals surface area contributed by atoms with Crippen molar-refractivity contribution in [3.05, 3.63) is 35.9 Å². The Balaban J connectivity index is 1.51. The van der Waals surface area contributed by atoms with Crippen molar-refractivity contribution in [3.8, 4) is 0 Å². The highest BCUT2D eigenvalue weighted by atomic mass is 16.3. The van der Waals surface area contributed by atoms with E-state index in [2.05, 4.69) is 34.5 Å². The molecule has 3 atom stereocenters. The summed E-state index contributed by atoms with van der Waals surface area (Å²) in [5.41, 5.74) is 1.24. The molecular weight excluding hydrogens is 248 g/mol. The first-order valence-electron chi connectivity index (χ1n) is 8.00. The van der Waals surface area contributed by atoms with Crippen molar-refractivity contribution in [2.45, 2.75) is 43.7 Å². The molecule has 110 valence electrons. The maximum absolute atomic E-state index is 9.61. The SMILES string of the molecule is OC[C@H](CN[C@H]1CCN2CCC[C@H]2C1)c1ccccc1. The lowest BCUT2D eigenvalue weighted by molar-refractivity contribution is 0.163. The fraction of sp³-hybridized carbons (Fsp3) is 0.647. The molecule has 0 radical (unpaired) electrons. The average Bonchev–Trinajstić information content (AvgIpc) is 2.96. The molecule has 0 aromatic heterocycles. The molecule has 0 bridgehead atoms. The maximum atomic E-state index is 9.61. The van der Waals surface area contributed by atoms with E-state index in [-0.39, 0.29) is 12.5 Å². The van der Waals surface area contributed by atoms with E-state index >= 15 is 0 Å². The van der Waals surface area contributed by atoms with Gasteiger partial charge in [0.2, 0.25) is 0 Å². The molecule has 0 amide bonds. The van der Waals surface area contributed by atoms with Crippen LogP contribution in [0.4, 0.5) is 0 Å². The van der Waals surface area contributed by atoms with E-state index in [0.29, 0.717) is 6.04 Å². The minimum atomic E-state index is 0.220. The van der Waals surface area contributed by atoms with Crippen LogP contribution in [0.25, 0.3) is 0 Å². The number of nitrogens with one attached hydrogen (secondary N) is 1. The van der Waals surface area contributed by atoms with Gasteiger partial charge in [0.1, 0.15) is 0 Å². The Hall–Kier alpha value is -0.900. The predicted octanol–water partition coefficient (Wildman–Crippen LogP) is 1.98. The summed E-state index contributed by atoms with van der Waals surface area (Å²) in [6.07, 6.45) is 5.29. The highest BCUT2D eigenvalue weighted by Gasteiger charge is 2.31. The van der Waals surface area contributed by atoms with Crippen LogP contribution in [0.2, 0.25) is 0 Å². The predicted molar refractivity (Wildman–Crippen MR) is 81.9 cm³/mol. The summed E-state index contributed by atoms with van der Waals surface area (Å²) in [5, 5.41) is 13.3. The van der Waals surface area contributed by atoms with Crippen LogP contribution < -0.4 is 5.32 Å². The average molecular weight is 274 g/mol. The first-order valence-corrected chi connectivity index (χ1v) is 8.00. The van der Waals surface area contributed by atoms with E-state index in [0.717, 1.165) is 12.6 Å². The molecule has 1 aromatic carbocycles. The van der Waals surface area contributed by atoms with Crippen molar-refractivity contribution in [3.63, 3.8) is 0 Å². The second-order valence-electron chi connectivity index (χ2n) is 6.25. The molecule has 3 rings (SSSR count). The van der Waals surface area contributed by atoms with Gasteiger partial charge in [-0.1, -0.05) is 30.3 Å². The number of benzene rings is 1. The Labute approximate surface area is 122 Å². The van der Waals surface area contributed by atoms with Gasteiger partial charge >= 0.3 is 0 Å². The summed E-state index contributed by atoms with van der Waals surface area (Å²) in [7, 11) is 0. The summed E-state index contributed by atoms with van der Waals surface area (Å²) in [6, 6.07) is 11.8. The van der Waals surface area contributed by atoms with Gasteiger partial charge in [-0.15, -0.1) is 0 Å². The molecule has 2 saturated heterocycles. The summed E-state index contributed by atoms with van der Waals surface area (Å²) in [4.78, 5) is 2.65. The molecule has 20 heavy (non-hydrogen) atoms. The molecule has 2 N–H and O–H groups in total. The monoisotopic (exact) mass is 274 g/mol. The Bertz CT molecular complexity index is 409. The molecular formula is C17H26N2O. The summed E-state index contributed by atoms with van der Waals surface area (Å²) >= 11 is 0. The van der Waals surface area contributed by atoms with Gasteiger partial charge in [-0.3, -0.25) is 0 Å². The smallest absolute Gasteiger partial charge is 0.0511 e. The standard InChI is InChI=1S/C17H26N2O/c20-13-15(14-5-2-1-3-6-14)12-18-16-8-10-19-9-4-7-17(19)11-16/h1-3,5-6,15-18,20H,4,7-13H2/t15-,16-,17-/m0/s1. The molecule has 2 aliphatic rings. The van der Waals surface area contributed by atoms with E-state index in [1.807, 2.05) is 6.07 Å². The third-order valence-corrected chi connectivity index (χ3v) is 4.96. The van der Waals surface area contributed by atoms with Crippen LogP contribution in [0.15, 0.2) is 30.3 Å². The van der Waals surface area contributed by atoms with E-state index < -0.39 is 0 Å². The van der Waals surface area contributed by atoms with Crippen LogP contribution in [0.1, 0.15) is 37.2 Å². The van der Waals surface area contributed by atoms with E-state index in [4.69, 9.17) is 0 Å². The Kier molecular flexibility index (Phi) is 4.71. The van der Waals surface area contributed by atoms with Gasteiger partial charge in [0.15, 0.2) is 0 Å². The third-order valence-electron chi connectivity index (χ3n) is 4.96. The van der Waals surface area contributed by atoms with Gasteiger partial charge in [0.05, 0.1) is 6.61 Å². The zero-order chi connectivity index (χ0) is 13.8. The first-order chi connectivity index (χ1) is 9.86. The second kappa shape index (κ2) is 6.70. The Morgan fingerprint density at radius 1 is 1.20 bits per heavy atom. The van der Waals surface area contributed by atoms with Crippen LogP contribution in [0.3, 0.4) is 0 Å². The Morgan fingerprint density at radius 3 is 2.85 bits per heavy atom. The van der Waals surface area contributed by atoms with Crippen LogP contribution >= 0.6 is 0 Å². The molecule has 3 nitrogen and oxygen atoms in total. The first kappa shape index (κ1) is 14.1. The normalized spacial score (nSPS) is 28.2. The summed E-state index contributed by atoms with van der Waals surface area (Å²) in [5.74, 6) is 0.220. The van der Waals surface area contributed by atoms with Gasteiger partial charge in [-0.2, -0.15) is 0 Å². The molecule has 3 heteroatoms. The molecule has 0 saturated carbocycles. The largest absolute Gasteiger partial charge is 0.396 e. The van der Waals surface area contributed by atoms with Crippen molar-refractivity contribution in [1.29, 1.82) is 0 Å². The molecule has 2 heterocycles. The zero-order valence-electron chi connectivity index (χ0n) is 12.2. The third kappa shape index (κ3) is 3.22. The van der Waals surface area contributed by atoms with Gasteiger partial charge in [-0.05, 0) is 44.3 Å². The Morgan fingerprint density at radius 2 is 2.05 bits per heavy atom. The quantitative estimate of drug-likeness (QED) is 0.862. The highest BCUT2D eigenvalue weighted by molar-refractivity contribution is 5.20. The van der Waals surface area contributed by atoms with Gasteiger partial charge in [0.25, 0.3) is 0 Å². The molecule has 0 spiro atoms. The second-order valence-corrected chi connectivity index (χ2v) is 6.25. The minimum absolute atomic E-state index is 0.220. The lowest BCUT2D eigenvalue weighted by atomic mass is 9.95. The summed E-state index contributed by atoms with van der Waals surface area (Å²) in [6.45, 7) is 3.66. The maximum Gasteiger partial charge on any atom is 0.0511 e. The summed E-state index contributed by atoms with van der Waals surface area (Å²) < 4.78 is 0. The molecule has 2 aliphatic heterocycles. The molecule has 0 unspecified atom stereocenters. The molecule has 1 aromatic rings. The van der Waals surface area contributed by atoms with Crippen molar-refractivity contribution < 1.29 is 5.11 Å². The molecule has 2 fully saturated rings. The van der Waals surface area contributed by atoms with Gasteiger partial charge in [-0.25, -0.2) is 0 Å². The number of fused-ring (bicyclic) bond motifs is 1. The van der Waals surface area contributed by atoms with E-state index in [9.17, 15) is 5.11 Å².